The van der Waals surface area contributed by atoms with Gasteiger partial charge in [-0.25, -0.2) is 0 Å². The molecule has 0 heterocycles. The molecular weight excluding hydrogens is 266 g/mol. The minimum atomic E-state index is -2.91. The topological polar surface area (TPSA) is 46.5 Å². The first-order chi connectivity index (χ1) is 9.45. The van der Waals surface area contributed by atoms with Gasteiger partial charge in [0.05, 0.1) is 5.41 Å². The molecule has 1 saturated carbocycles. The quantitative estimate of drug-likeness (QED) is 0.912. The van der Waals surface area contributed by atoms with Crippen LogP contribution >= 0.6 is 0 Å². The summed E-state index contributed by atoms with van der Waals surface area (Å²) in [6.45, 7) is -1.24. The molecule has 3 nitrogen and oxygen atoms in total. The average molecular weight is 284 g/mol. The average Bonchev–Trinajstić information content (AvgIpc) is 2.41. The Kier molecular flexibility index (Phi) is 4.26. The van der Waals surface area contributed by atoms with Crippen LogP contribution in [0.15, 0.2) is 18.2 Å². The van der Waals surface area contributed by atoms with Crippen LogP contribution in [0, 0.1) is 6.92 Å². The number of rotatable bonds is 4. The van der Waals surface area contributed by atoms with E-state index >= 15 is 0 Å². The Balaban J connectivity index is 2.41. The second-order valence-electron chi connectivity index (χ2n) is 5.31. The van der Waals surface area contributed by atoms with Gasteiger partial charge in [-0.15, -0.1) is 0 Å². The van der Waals surface area contributed by atoms with E-state index in [-0.39, 0.29) is 5.75 Å². The summed E-state index contributed by atoms with van der Waals surface area (Å²) in [7, 11) is 0. The van der Waals surface area contributed by atoms with Gasteiger partial charge in [0.1, 0.15) is 5.75 Å². The molecule has 5 heteroatoms. The third-order valence-corrected chi connectivity index (χ3v) is 4.07. The molecule has 0 amide bonds. The zero-order valence-corrected chi connectivity index (χ0v) is 11.4. The highest BCUT2D eigenvalue weighted by Crippen LogP contribution is 2.41. The highest BCUT2D eigenvalue weighted by atomic mass is 19.3. The van der Waals surface area contributed by atoms with E-state index in [1.54, 1.807) is 19.1 Å². The van der Waals surface area contributed by atoms with Crippen molar-refractivity contribution in [1.29, 1.82) is 0 Å². The number of hydrogen-bond donors (Lipinski definition) is 1. The van der Waals surface area contributed by atoms with Crippen molar-refractivity contribution in [2.75, 3.05) is 0 Å². The maximum atomic E-state index is 12.4. The number of hydrogen-bond acceptors (Lipinski definition) is 2. The summed E-state index contributed by atoms with van der Waals surface area (Å²) in [5, 5.41) is 9.60. The number of alkyl halides is 2. The number of ether oxygens (including phenoxy) is 1. The smallest absolute Gasteiger partial charge is 0.387 e. The summed E-state index contributed by atoms with van der Waals surface area (Å²) in [5.41, 5.74) is 0.169. The van der Waals surface area contributed by atoms with Crippen LogP contribution < -0.4 is 4.74 Å². The Bertz CT molecular complexity index is 494. The van der Waals surface area contributed by atoms with Gasteiger partial charge in [-0.2, -0.15) is 8.78 Å². The summed E-state index contributed by atoms with van der Waals surface area (Å²) in [4.78, 5) is 11.7. The first-order valence-corrected chi connectivity index (χ1v) is 6.75. The molecule has 2 rings (SSSR count). The summed E-state index contributed by atoms with van der Waals surface area (Å²) >= 11 is 0. The Labute approximate surface area is 116 Å². The van der Waals surface area contributed by atoms with Crippen molar-refractivity contribution >= 4 is 5.97 Å². The fraction of sp³-hybridized carbons (Fsp3) is 0.533. The van der Waals surface area contributed by atoms with Gasteiger partial charge in [-0.3, -0.25) is 4.79 Å². The van der Waals surface area contributed by atoms with Gasteiger partial charge in [0, 0.05) is 0 Å². The molecule has 0 aliphatic heterocycles. The van der Waals surface area contributed by atoms with Crippen LogP contribution in [-0.2, 0) is 10.2 Å². The van der Waals surface area contributed by atoms with Crippen molar-refractivity contribution < 1.29 is 23.4 Å². The van der Waals surface area contributed by atoms with E-state index in [1.165, 1.54) is 6.07 Å². The number of carboxylic acid groups (broad SMARTS) is 1. The Morgan fingerprint density at radius 3 is 2.50 bits per heavy atom. The van der Waals surface area contributed by atoms with Crippen molar-refractivity contribution in [3.05, 3.63) is 29.3 Å². The third kappa shape index (κ3) is 2.76. The second kappa shape index (κ2) is 5.77. The molecule has 0 bridgehead atoms. The monoisotopic (exact) mass is 284 g/mol. The van der Waals surface area contributed by atoms with E-state index in [1.807, 2.05) is 0 Å². The SMILES string of the molecule is Cc1ccc(C2(C(=O)O)CCCCC2)cc1OC(F)F. The number of carbonyl (C=O) groups is 1. The number of aryl methyl sites for hydroxylation is 1. The molecule has 0 atom stereocenters. The fourth-order valence-electron chi connectivity index (χ4n) is 2.90. The van der Waals surface area contributed by atoms with Gasteiger partial charge in [-0.05, 0) is 37.0 Å². The molecule has 0 radical (unpaired) electrons. The van der Waals surface area contributed by atoms with Crippen LogP contribution in [0.3, 0.4) is 0 Å². The van der Waals surface area contributed by atoms with Crippen LogP contribution in [0.1, 0.15) is 43.2 Å². The van der Waals surface area contributed by atoms with Gasteiger partial charge >= 0.3 is 12.6 Å². The number of benzene rings is 1. The fourth-order valence-corrected chi connectivity index (χ4v) is 2.90. The molecule has 0 spiro atoms. The Morgan fingerprint density at radius 1 is 1.30 bits per heavy atom. The van der Waals surface area contributed by atoms with Crippen molar-refractivity contribution in [2.45, 2.75) is 51.1 Å². The van der Waals surface area contributed by atoms with Crippen molar-refractivity contribution in [3.8, 4) is 5.75 Å². The zero-order valence-electron chi connectivity index (χ0n) is 11.4. The minimum absolute atomic E-state index is 0.0590. The van der Waals surface area contributed by atoms with Gasteiger partial charge in [0.15, 0.2) is 0 Å². The molecule has 1 N–H and O–H groups in total. The van der Waals surface area contributed by atoms with E-state index < -0.39 is 18.0 Å². The van der Waals surface area contributed by atoms with Crippen LogP contribution in [0.5, 0.6) is 5.75 Å². The van der Waals surface area contributed by atoms with Gasteiger partial charge < -0.3 is 9.84 Å². The number of carboxylic acids is 1. The molecule has 1 aromatic rings. The summed E-state index contributed by atoms with van der Waals surface area (Å²) < 4.78 is 29.3. The maximum absolute atomic E-state index is 12.4. The number of aliphatic carboxylic acids is 1. The van der Waals surface area contributed by atoms with Gasteiger partial charge in [0.25, 0.3) is 0 Å². The molecule has 0 aromatic heterocycles. The predicted molar refractivity (Wildman–Crippen MR) is 70.2 cm³/mol. The van der Waals surface area contributed by atoms with E-state index in [2.05, 4.69) is 4.74 Å². The maximum Gasteiger partial charge on any atom is 0.387 e. The van der Waals surface area contributed by atoms with Gasteiger partial charge in [-0.1, -0.05) is 31.4 Å². The normalized spacial score (nSPS) is 18.0. The Hall–Kier alpha value is -1.65. The molecule has 20 heavy (non-hydrogen) atoms. The molecule has 1 aliphatic carbocycles. The van der Waals surface area contributed by atoms with Gasteiger partial charge in [0.2, 0.25) is 0 Å². The lowest BCUT2D eigenvalue weighted by Crippen LogP contribution is -2.37. The lowest BCUT2D eigenvalue weighted by molar-refractivity contribution is -0.145. The molecule has 1 aliphatic rings. The highest BCUT2D eigenvalue weighted by Gasteiger charge is 2.41. The molecular formula is C15H18F2O3. The summed E-state index contributed by atoms with van der Waals surface area (Å²) in [6, 6.07) is 4.82. The highest BCUT2D eigenvalue weighted by molar-refractivity contribution is 5.81. The molecule has 1 aromatic carbocycles. The second-order valence-corrected chi connectivity index (χ2v) is 5.31. The van der Waals surface area contributed by atoms with Crippen LogP contribution in [0.4, 0.5) is 8.78 Å². The predicted octanol–water partition coefficient (Wildman–Crippen LogP) is 3.88. The lowest BCUT2D eigenvalue weighted by Gasteiger charge is -2.34. The van der Waals surface area contributed by atoms with Crippen LogP contribution in [0.2, 0.25) is 0 Å². The third-order valence-electron chi connectivity index (χ3n) is 4.07. The first kappa shape index (κ1) is 14.8. The minimum Gasteiger partial charge on any atom is -0.481 e. The number of halogens is 2. The van der Waals surface area contributed by atoms with E-state index in [4.69, 9.17) is 0 Å². The molecule has 0 saturated heterocycles. The van der Waals surface area contributed by atoms with Crippen molar-refractivity contribution in [1.82, 2.24) is 0 Å². The van der Waals surface area contributed by atoms with E-state index in [0.717, 1.165) is 19.3 Å². The zero-order chi connectivity index (χ0) is 14.8. The summed E-state index contributed by atoms with van der Waals surface area (Å²) in [6.07, 6.45) is 3.77. The Morgan fingerprint density at radius 2 is 1.95 bits per heavy atom. The summed E-state index contributed by atoms with van der Waals surface area (Å²) in [5.74, 6) is -0.826. The molecule has 110 valence electrons. The molecule has 0 unspecified atom stereocenters. The standard InChI is InChI=1S/C15H18F2O3/c1-10-5-6-11(9-12(10)20-14(16)17)15(13(18)19)7-3-2-4-8-15/h5-6,9,14H,2-4,7-8H2,1H3,(H,18,19). The van der Waals surface area contributed by atoms with Crippen LogP contribution in [0.25, 0.3) is 0 Å². The first-order valence-electron chi connectivity index (χ1n) is 6.75. The molecule has 1 fully saturated rings. The largest absolute Gasteiger partial charge is 0.481 e. The van der Waals surface area contributed by atoms with Crippen molar-refractivity contribution in [2.24, 2.45) is 0 Å². The van der Waals surface area contributed by atoms with E-state index in [9.17, 15) is 18.7 Å². The lowest BCUT2D eigenvalue weighted by atomic mass is 9.69. The van der Waals surface area contributed by atoms with Crippen LogP contribution in [-0.4, -0.2) is 17.7 Å². The van der Waals surface area contributed by atoms with Crippen molar-refractivity contribution in [3.63, 3.8) is 0 Å². The van der Waals surface area contributed by atoms with E-state index in [0.29, 0.717) is 24.0 Å².